The fourth-order valence-electron chi connectivity index (χ4n) is 2.44. The van der Waals surface area contributed by atoms with Crippen molar-refractivity contribution >= 4 is 32.5 Å². The molecular formula is C18H13BrO. The average Bonchev–Trinajstić information content (AvgIpc) is 2.47. The van der Waals surface area contributed by atoms with E-state index in [0.717, 1.165) is 31.9 Å². The Kier molecular flexibility index (Phi) is 3.41. The van der Waals surface area contributed by atoms with Crippen molar-refractivity contribution in [1.29, 1.82) is 0 Å². The summed E-state index contributed by atoms with van der Waals surface area (Å²) in [7, 11) is 0. The van der Waals surface area contributed by atoms with Crippen molar-refractivity contribution in [3.05, 3.63) is 81.8 Å². The molecule has 0 spiro atoms. The highest BCUT2D eigenvalue weighted by Gasteiger charge is 2.17. The first kappa shape index (κ1) is 13.1. The van der Waals surface area contributed by atoms with E-state index in [4.69, 9.17) is 0 Å². The second kappa shape index (κ2) is 5.22. The third-order valence-electron chi connectivity index (χ3n) is 3.49. The van der Waals surface area contributed by atoms with Gasteiger partial charge in [0.05, 0.1) is 0 Å². The Bertz CT molecular complexity index is 805. The first-order valence-corrected chi connectivity index (χ1v) is 7.25. The third kappa shape index (κ3) is 2.16. The largest absolute Gasteiger partial charge is 0.289 e. The molecule has 20 heavy (non-hydrogen) atoms. The second-order valence-corrected chi connectivity index (χ2v) is 5.64. The predicted octanol–water partition coefficient (Wildman–Crippen LogP) is 5.14. The highest BCUT2D eigenvalue weighted by Crippen LogP contribution is 2.29. The molecule has 0 aliphatic carbocycles. The number of carbonyl (C=O) groups excluding carboxylic acids is 1. The number of halogens is 1. The molecule has 0 aromatic heterocycles. The van der Waals surface area contributed by atoms with E-state index in [9.17, 15) is 4.79 Å². The molecule has 0 atom stereocenters. The quantitative estimate of drug-likeness (QED) is 0.596. The van der Waals surface area contributed by atoms with Gasteiger partial charge in [0.25, 0.3) is 0 Å². The van der Waals surface area contributed by atoms with Gasteiger partial charge in [-0.2, -0.15) is 0 Å². The van der Waals surface area contributed by atoms with Crippen molar-refractivity contribution in [2.45, 2.75) is 6.92 Å². The maximum absolute atomic E-state index is 12.9. The molecule has 3 aromatic carbocycles. The lowest BCUT2D eigenvalue weighted by molar-refractivity contribution is 0.103. The van der Waals surface area contributed by atoms with Gasteiger partial charge in [-0.15, -0.1) is 0 Å². The van der Waals surface area contributed by atoms with Crippen LogP contribution in [0.1, 0.15) is 21.5 Å². The standard InChI is InChI=1S/C18H13BrO/c1-12-6-2-4-8-14(12)18(20)17-15-9-5-3-7-13(15)10-11-16(17)19/h2-11H,1H3. The average molecular weight is 325 g/mol. The molecule has 0 aliphatic rings. The molecule has 2 heteroatoms. The van der Waals surface area contributed by atoms with Crippen molar-refractivity contribution in [3.8, 4) is 0 Å². The van der Waals surface area contributed by atoms with Gasteiger partial charge in [-0.05, 0) is 29.3 Å². The van der Waals surface area contributed by atoms with E-state index in [1.54, 1.807) is 0 Å². The van der Waals surface area contributed by atoms with Gasteiger partial charge in [-0.3, -0.25) is 4.79 Å². The smallest absolute Gasteiger partial charge is 0.195 e. The molecule has 3 aromatic rings. The first-order chi connectivity index (χ1) is 9.68. The van der Waals surface area contributed by atoms with Crippen LogP contribution in [-0.4, -0.2) is 5.78 Å². The van der Waals surface area contributed by atoms with Gasteiger partial charge in [0, 0.05) is 15.6 Å². The number of hydrogen-bond donors (Lipinski definition) is 0. The number of benzene rings is 3. The Morgan fingerprint density at radius 3 is 2.40 bits per heavy atom. The molecule has 0 radical (unpaired) electrons. The van der Waals surface area contributed by atoms with E-state index in [1.807, 2.05) is 67.6 Å². The Labute approximate surface area is 126 Å². The Morgan fingerprint density at radius 1 is 0.900 bits per heavy atom. The van der Waals surface area contributed by atoms with Crippen LogP contribution in [0.5, 0.6) is 0 Å². The third-order valence-corrected chi connectivity index (χ3v) is 4.16. The van der Waals surface area contributed by atoms with E-state index < -0.39 is 0 Å². The van der Waals surface area contributed by atoms with Gasteiger partial charge in [-0.25, -0.2) is 0 Å². The molecule has 0 unspecified atom stereocenters. The first-order valence-electron chi connectivity index (χ1n) is 6.46. The van der Waals surface area contributed by atoms with Crippen molar-refractivity contribution < 1.29 is 4.79 Å². The molecule has 98 valence electrons. The monoisotopic (exact) mass is 324 g/mol. The molecule has 1 nitrogen and oxygen atoms in total. The van der Waals surface area contributed by atoms with Crippen LogP contribution in [-0.2, 0) is 0 Å². The predicted molar refractivity (Wildman–Crippen MR) is 86.3 cm³/mol. The zero-order chi connectivity index (χ0) is 14.1. The molecule has 0 heterocycles. The summed E-state index contributed by atoms with van der Waals surface area (Å²) in [6.07, 6.45) is 0. The SMILES string of the molecule is Cc1ccccc1C(=O)c1c(Br)ccc2ccccc12. The minimum absolute atomic E-state index is 0.0618. The lowest BCUT2D eigenvalue weighted by atomic mass is 9.95. The van der Waals surface area contributed by atoms with E-state index in [1.165, 1.54) is 0 Å². The van der Waals surface area contributed by atoms with Crippen LogP contribution >= 0.6 is 15.9 Å². The van der Waals surface area contributed by atoms with Crippen LogP contribution in [0.4, 0.5) is 0 Å². The summed E-state index contributed by atoms with van der Waals surface area (Å²) in [6.45, 7) is 1.96. The van der Waals surface area contributed by atoms with Crippen molar-refractivity contribution in [3.63, 3.8) is 0 Å². The fourth-order valence-corrected chi connectivity index (χ4v) is 2.96. The lowest BCUT2D eigenvalue weighted by Crippen LogP contribution is -2.05. The van der Waals surface area contributed by atoms with Crippen LogP contribution in [0.15, 0.2) is 65.1 Å². The maximum atomic E-state index is 12.9. The van der Waals surface area contributed by atoms with E-state index in [-0.39, 0.29) is 5.78 Å². The van der Waals surface area contributed by atoms with E-state index >= 15 is 0 Å². The summed E-state index contributed by atoms with van der Waals surface area (Å²) in [4.78, 5) is 12.9. The molecule has 0 saturated heterocycles. The Hall–Kier alpha value is -1.93. The van der Waals surface area contributed by atoms with Gasteiger partial charge in [-0.1, -0.05) is 70.5 Å². The molecule has 0 fully saturated rings. The maximum Gasteiger partial charge on any atom is 0.195 e. The number of carbonyl (C=O) groups is 1. The summed E-state index contributed by atoms with van der Waals surface area (Å²) in [5.41, 5.74) is 2.49. The summed E-state index contributed by atoms with van der Waals surface area (Å²) in [5, 5.41) is 2.06. The van der Waals surface area contributed by atoms with Gasteiger partial charge < -0.3 is 0 Å². The molecule has 0 aliphatic heterocycles. The molecule has 3 rings (SSSR count). The van der Waals surface area contributed by atoms with Crippen molar-refractivity contribution in [2.24, 2.45) is 0 Å². The molecule has 0 saturated carbocycles. The second-order valence-electron chi connectivity index (χ2n) is 4.79. The Balaban J connectivity index is 2.27. The number of aryl methyl sites for hydroxylation is 1. The Morgan fingerprint density at radius 2 is 1.60 bits per heavy atom. The summed E-state index contributed by atoms with van der Waals surface area (Å²) >= 11 is 3.52. The zero-order valence-electron chi connectivity index (χ0n) is 11.1. The molecule has 0 N–H and O–H groups in total. The van der Waals surface area contributed by atoms with Crippen molar-refractivity contribution in [2.75, 3.05) is 0 Å². The summed E-state index contributed by atoms with van der Waals surface area (Å²) < 4.78 is 0.837. The molecule has 0 bridgehead atoms. The number of fused-ring (bicyclic) bond motifs is 1. The normalized spacial score (nSPS) is 10.7. The van der Waals surface area contributed by atoms with Crippen LogP contribution < -0.4 is 0 Å². The summed E-state index contributed by atoms with van der Waals surface area (Å²) in [5.74, 6) is 0.0618. The van der Waals surface area contributed by atoms with E-state index in [0.29, 0.717) is 0 Å². The van der Waals surface area contributed by atoms with Gasteiger partial charge >= 0.3 is 0 Å². The van der Waals surface area contributed by atoms with Gasteiger partial charge in [0.15, 0.2) is 5.78 Å². The number of hydrogen-bond acceptors (Lipinski definition) is 1. The zero-order valence-corrected chi connectivity index (χ0v) is 12.6. The molecule has 0 amide bonds. The highest BCUT2D eigenvalue weighted by atomic mass is 79.9. The minimum Gasteiger partial charge on any atom is -0.289 e. The van der Waals surface area contributed by atoms with Crippen LogP contribution in [0.2, 0.25) is 0 Å². The van der Waals surface area contributed by atoms with E-state index in [2.05, 4.69) is 15.9 Å². The van der Waals surface area contributed by atoms with Crippen LogP contribution in [0.3, 0.4) is 0 Å². The topological polar surface area (TPSA) is 17.1 Å². The van der Waals surface area contributed by atoms with Gasteiger partial charge in [0.1, 0.15) is 0 Å². The number of rotatable bonds is 2. The number of ketones is 1. The molecular weight excluding hydrogens is 312 g/mol. The van der Waals surface area contributed by atoms with Crippen molar-refractivity contribution in [1.82, 2.24) is 0 Å². The van der Waals surface area contributed by atoms with Gasteiger partial charge in [0.2, 0.25) is 0 Å². The summed E-state index contributed by atoms with van der Waals surface area (Å²) in [6, 6.07) is 19.6. The van der Waals surface area contributed by atoms with Crippen LogP contribution in [0, 0.1) is 6.92 Å². The van der Waals surface area contributed by atoms with Crippen LogP contribution in [0.25, 0.3) is 10.8 Å². The highest BCUT2D eigenvalue weighted by molar-refractivity contribution is 9.10. The fraction of sp³-hybridized carbons (Fsp3) is 0.0556. The minimum atomic E-state index is 0.0618. The lowest BCUT2D eigenvalue weighted by Gasteiger charge is -2.10.